The van der Waals surface area contributed by atoms with Gasteiger partial charge in [-0.05, 0) is 61.9 Å². The van der Waals surface area contributed by atoms with E-state index in [1.807, 2.05) is 0 Å². The van der Waals surface area contributed by atoms with Gasteiger partial charge in [-0.2, -0.15) is 0 Å². The fraction of sp³-hybridized carbons (Fsp3) is 0.600. The number of nitrogens with one attached hydrogen (secondary N) is 1. The van der Waals surface area contributed by atoms with Gasteiger partial charge in [0.25, 0.3) is 0 Å². The van der Waals surface area contributed by atoms with E-state index in [9.17, 15) is 0 Å². The molecule has 0 spiro atoms. The number of aryl methyl sites for hydroxylation is 2. The molecule has 2 heteroatoms. The zero-order valence-electron chi connectivity index (χ0n) is 11.5. The number of nitrogens with zero attached hydrogens (tertiary/aromatic N) is 1. The third-order valence-electron chi connectivity index (χ3n) is 3.86. The molecule has 1 heterocycles. The molecular weight excluding hydrogens is 208 g/mol. The summed E-state index contributed by atoms with van der Waals surface area (Å²) in [5.74, 6) is 0.681. The van der Waals surface area contributed by atoms with Crippen molar-refractivity contribution < 1.29 is 0 Å². The summed E-state index contributed by atoms with van der Waals surface area (Å²) in [6.45, 7) is 6.72. The first-order chi connectivity index (χ1) is 8.09. The Balaban J connectivity index is 2.39. The fourth-order valence-electron chi connectivity index (χ4n) is 2.65. The second-order valence-electron chi connectivity index (χ2n) is 5.43. The van der Waals surface area contributed by atoms with E-state index in [-0.39, 0.29) is 0 Å². The Morgan fingerprint density at radius 3 is 2.47 bits per heavy atom. The first-order valence-corrected chi connectivity index (χ1v) is 6.59. The van der Waals surface area contributed by atoms with Gasteiger partial charge in [0.15, 0.2) is 0 Å². The van der Waals surface area contributed by atoms with Gasteiger partial charge in [0.2, 0.25) is 0 Å². The van der Waals surface area contributed by atoms with Crippen molar-refractivity contribution in [3.05, 3.63) is 28.8 Å². The topological polar surface area (TPSA) is 15.3 Å². The number of anilines is 1. The first-order valence-electron chi connectivity index (χ1n) is 6.59. The van der Waals surface area contributed by atoms with Crippen molar-refractivity contribution in [2.75, 3.05) is 32.1 Å². The van der Waals surface area contributed by atoms with Crippen LogP contribution in [0, 0.1) is 13.8 Å². The SMILES string of the molecule is Cc1cc(C2CCCNC2)c(N(C)C)cc1C. The quantitative estimate of drug-likeness (QED) is 0.843. The molecule has 0 aromatic heterocycles. The predicted molar refractivity (Wildman–Crippen MR) is 75.1 cm³/mol. The molecule has 0 aliphatic carbocycles. The number of piperidine rings is 1. The van der Waals surface area contributed by atoms with Crippen LogP contribution >= 0.6 is 0 Å². The fourth-order valence-corrected chi connectivity index (χ4v) is 2.65. The van der Waals surface area contributed by atoms with Gasteiger partial charge in [0.05, 0.1) is 0 Å². The Bertz CT molecular complexity index is 390. The average Bonchev–Trinajstić information content (AvgIpc) is 2.33. The zero-order chi connectivity index (χ0) is 12.4. The molecule has 1 aromatic carbocycles. The molecule has 1 aliphatic rings. The van der Waals surface area contributed by atoms with Crippen molar-refractivity contribution in [3.63, 3.8) is 0 Å². The number of hydrogen-bond donors (Lipinski definition) is 1. The minimum Gasteiger partial charge on any atom is -0.377 e. The Labute approximate surface area is 105 Å². The summed E-state index contributed by atoms with van der Waals surface area (Å²) in [5, 5.41) is 3.52. The van der Waals surface area contributed by atoms with Crippen LogP contribution in [0.5, 0.6) is 0 Å². The lowest BCUT2D eigenvalue weighted by atomic mass is 9.88. The lowest BCUT2D eigenvalue weighted by Gasteiger charge is -2.28. The van der Waals surface area contributed by atoms with Gasteiger partial charge in [-0.25, -0.2) is 0 Å². The van der Waals surface area contributed by atoms with Crippen LogP contribution in [0.25, 0.3) is 0 Å². The lowest BCUT2D eigenvalue weighted by Crippen LogP contribution is -2.29. The Kier molecular flexibility index (Phi) is 3.72. The molecule has 0 amide bonds. The Morgan fingerprint density at radius 1 is 1.18 bits per heavy atom. The van der Waals surface area contributed by atoms with E-state index in [0.717, 1.165) is 6.54 Å². The summed E-state index contributed by atoms with van der Waals surface area (Å²) < 4.78 is 0. The van der Waals surface area contributed by atoms with Gasteiger partial charge in [-0.15, -0.1) is 0 Å². The molecule has 2 nitrogen and oxygen atoms in total. The maximum Gasteiger partial charge on any atom is 0.0399 e. The molecule has 1 aliphatic heterocycles. The second kappa shape index (κ2) is 5.09. The highest BCUT2D eigenvalue weighted by atomic mass is 15.1. The summed E-state index contributed by atoms with van der Waals surface area (Å²) in [6.07, 6.45) is 2.61. The van der Waals surface area contributed by atoms with Crippen LogP contribution in [0.15, 0.2) is 12.1 Å². The van der Waals surface area contributed by atoms with E-state index >= 15 is 0 Å². The van der Waals surface area contributed by atoms with Crippen molar-refractivity contribution in [1.82, 2.24) is 5.32 Å². The summed E-state index contributed by atoms with van der Waals surface area (Å²) in [5.41, 5.74) is 5.71. The summed E-state index contributed by atoms with van der Waals surface area (Å²) in [6, 6.07) is 4.72. The van der Waals surface area contributed by atoms with Crippen LogP contribution in [0.1, 0.15) is 35.4 Å². The summed E-state index contributed by atoms with van der Waals surface area (Å²) in [4.78, 5) is 2.25. The van der Waals surface area contributed by atoms with Crippen LogP contribution < -0.4 is 10.2 Å². The molecule has 0 radical (unpaired) electrons. The zero-order valence-corrected chi connectivity index (χ0v) is 11.5. The van der Waals surface area contributed by atoms with Crippen LogP contribution in [0.2, 0.25) is 0 Å². The molecule has 1 atom stereocenters. The number of hydrogen-bond acceptors (Lipinski definition) is 2. The number of rotatable bonds is 2. The maximum atomic E-state index is 3.52. The molecule has 1 N–H and O–H groups in total. The van der Waals surface area contributed by atoms with Gasteiger partial charge in [-0.3, -0.25) is 0 Å². The average molecular weight is 232 g/mol. The first kappa shape index (κ1) is 12.4. The van der Waals surface area contributed by atoms with Crippen molar-refractivity contribution >= 4 is 5.69 Å². The summed E-state index contributed by atoms with van der Waals surface area (Å²) in [7, 11) is 4.29. The largest absolute Gasteiger partial charge is 0.377 e. The van der Waals surface area contributed by atoms with Gasteiger partial charge < -0.3 is 10.2 Å². The van der Waals surface area contributed by atoms with E-state index in [0.29, 0.717) is 5.92 Å². The van der Waals surface area contributed by atoms with E-state index in [2.05, 4.69) is 50.3 Å². The van der Waals surface area contributed by atoms with Crippen LogP contribution in [0.3, 0.4) is 0 Å². The van der Waals surface area contributed by atoms with E-state index in [1.165, 1.54) is 41.8 Å². The van der Waals surface area contributed by atoms with Crippen molar-refractivity contribution in [2.24, 2.45) is 0 Å². The van der Waals surface area contributed by atoms with Crippen LogP contribution in [-0.4, -0.2) is 27.2 Å². The minimum absolute atomic E-state index is 0.681. The molecule has 0 saturated carbocycles. The van der Waals surface area contributed by atoms with Gasteiger partial charge >= 0.3 is 0 Å². The summed E-state index contributed by atoms with van der Waals surface area (Å²) >= 11 is 0. The highest BCUT2D eigenvalue weighted by molar-refractivity contribution is 5.58. The van der Waals surface area contributed by atoms with Crippen molar-refractivity contribution in [1.29, 1.82) is 0 Å². The van der Waals surface area contributed by atoms with Crippen LogP contribution in [-0.2, 0) is 0 Å². The third kappa shape index (κ3) is 2.63. The molecule has 2 rings (SSSR count). The normalized spacial score (nSPS) is 20.4. The van der Waals surface area contributed by atoms with E-state index < -0.39 is 0 Å². The standard InChI is InChI=1S/C15H24N2/c1-11-8-14(13-6-5-7-16-10-13)15(17(3)4)9-12(11)2/h8-9,13,16H,5-7,10H2,1-4H3. The van der Waals surface area contributed by atoms with E-state index in [4.69, 9.17) is 0 Å². The van der Waals surface area contributed by atoms with Crippen molar-refractivity contribution in [3.8, 4) is 0 Å². The Morgan fingerprint density at radius 2 is 1.88 bits per heavy atom. The van der Waals surface area contributed by atoms with Gasteiger partial charge in [-0.1, -0.05) is 6.07 Å². The van der Waals surface area contributed by atoms with Gasteiger partial charge in [0, 0.05) is 26.3 Å². The smallest absolute Gasteiger partial charge is 0.0399 e. The number of benzene rings is 1. The molecule has 1 aromatic rings. The highest BCUT2D eigenvalue weighted by Gasteiger charge is 2.19. The third-order valence-corrected chi connectivity index (χ3v) is 3.86. The lowest BCUT2D eigenvalue weighted by molar-refractivity contribution is 0.461. The van der Waals surface area contributed by atoms with Crippen LogP contribution in [0.4, 0.5) is 5.69 Å². The van der Waals surface area contributed by atoms with E-state index in [1.54, 1.807) is 0 Å². The molecule has 1 fully saturated rings. The molecular formula is C15H24N2. The monoisotopic (exact) mass is 232 g/mol. The molecule has 94 valence electrons. The molecule has 0 bridgehead atoms. The Hall–Kier alpha value is -1.02. The second-order valence-corrected chi connectivity index (χ2v) is 5.43. The van der Waals surface area contributed by atoms with Gasteiger partial charge in [0.1, 0.15) is 0 Å². The molecule has 17 heavy (non-hydrogen) atoms. The minimum atomic E-state index is 0.681. The van der Waals surface area contributed by atoms with Crippen molar-refractivity contribution in [2.45, 2.75) is 32.6 Å². The molecule has 1 unspecified atom stereocenters. The maximum absolute atomic E-state index is 3.52. The predicted octanol–water partition coefficient (Wildman–Crippen LogP) is 2.84. The highest BCUT2D eigenvalue weighted by Crippen LogP contribution is 2.33. The molecule has 1 saturated heterocycles.